The summed E-state index contributed by atoms with van der Waals surface area (Å²) >= 11 is 3.21. The van der Waals surface area contributed by atoms with Crippen LogP contribution in [0.2, 0.25) is 0 Å². The Morgan fingerprint density at radius 1 is 1.53 bits per heavy atom. The van der Waals surface area contributed by atoms with Crippen LogP contribution < -0.4 is 0 Å². The van der Waals surface area contributed by atoms with E-state index in [1.54, 1.807) is 24.1 Å². The Kier molecular flexibility index (Phi) is 6.10. The van der Waals surface area contributed by atoms with E-state index < -0.39 is 0 Å². The first kappa shape index (κ1) is 14.1. The number of aromatic nitrogens is 1. The minimum atomic E-state index is -0.0994. The highest BCUT2D eigenvalue weighted by molar-refractivity contribution is 9.10. The van der Waals surface area contributed by atoms with E-state index in [9.17, 15) is 4.79 Å². The highest BCUT2D eigenvalue weighted by Crippen LogP contribution is 2.08. The second-order valence-electron chi connectivity index (χ2n) is 3.43. The van der Waals surface area contributed by atoms with Crippen LogP contribution in [0.4, 0.5) is 0 Å². The first-order chi connectivity index (χ1) is 8.15. The van der Waals surface area contributed by atoms with E-state index in [2.05, 4.69) is 20.9 Å². The van der Waals surface area contributed by atoms with Crippen LogP contribution in [-0.4, -0.2) is 54.3 Å². The van der Waals surface area contributed by atoms with E-state index in [1.807, 2.05) is 0 Å². The van der Waals surface area contributed by atoms with Crippen LogP contribution in [0.15, 0.2) is 22.9 Å². The van der Waals surface area contributed by atoms with Crippen molar-refractivity contribution in [2.45, 2.75) is 0 Å². The normalized spacial score (nSPS) is 10.3. The lowest BCUT2D eigenvalue weighted by molar-refractivity contribution is 0.0618. The van der Waals surface area contributed by atoms with Gasteiger partial charge in [0.1, 0.15) is 4.60 Å². The minimum absolute atomic E-state index is 0.00566. The lowest BCUT2D eigenvalue weighted by Crippen LogP contribution is -2.30. The molecule has 5 nitrogen and oxygen atoms in total. The van der Waals surface area contributed by atoms with Gasteiger partial charge in [0.15, 0.2) is 0 Å². The highest BCUT2D eigenvalue weighted by Gasteiger charge is 2.11. The Morgan fingerprint density at radius 2 is 2.29 bits per heavy atom. The summed E-state index contributed by atoms with van der Waals surface area (Å²) in [7, 11) is 1.70. The summed E-state index contributed by atoms with van der Waals surface area (Å²) in [4.78, 5) is 17.4. The van der Waals surface area contributed by atoms with Crippen LogP contribution >= 0.6 is 15.9 Å². The molecule has 0 aliphatic rings. The average molecular weight is 303 g/mol. The lowest BCUT2D eigenvalue weighted by atomic mass is 10.2. The number of nitrogens with zero attached hydrogens (tertiary/aromatic N) is 2. The first-order valence-corrected chi connectivity index (χ1v) is 6.00. The van der Waals surface area contributed by atoms with Gasteiger partial charge < -0.3 is 14.7 Å². The third-order valence-corrected chi connectivity index (χ3v) is 2.60. The second-order valence-corrected chi connectivity index (χ2v) is 4.24. The fourth-order valence-electron chi connectivity index (χ4n) is 1.19. The van der Waals surface area contributed by atoms with Gasteiger partial charge in [-0.1, -0.05) is 0 Å². The molecule has 0 aromatic carbocycles. The predicted molar refractivity (Wildman–Crippen MR) is 66.8 cm³/mol. The molecule has 0 saturated heterocycles. The summed E-state index contributed by atoms with van der Waals surface area (Å²) < 4.78 is 5.79. The number of pyridine rings is 1. The van der Waals surface area contributed by atoms with Gasteiger partial charge in [0, 0.05) is 19.8 Å². The Morgan fingerprint density at radius 3 is 2.88 bits per heavy atom. The van der Waals surface area contributed by atoms with E-state index >= 15 is 0 Å². The third-order valence-electron chi connectivity index (χ3n) is 2.13. The maximum Gasteiger partial charge on any atom is 0.255 e. The van der Waals surface area contributed by atoms with Gasteiger partial charge in [0.05, 0.1) is 25.4 Å². The number of halogens is 1. The van der Waals surface area contributed by atoms with E-state index in [0.29, 0.717) is 29.9 Å². The highest BCUT2D eigenvalue weighted by atomic mass is 79.9. The Labute approximate surface area is 109 Å². The fraction of sp³-hybridized carbons (Fsp3) is 0.455. The van der Waals surface area contributed by atoms with Crippen molar-refractivity contribution >= 4 is 21.8 Å². The van der Waals surface area contributed by atoms with Crippen molar-refractivity contribution < 1.29 is 14.6 Å². The zero-order chi connectivity index (χ0) is 12.7. The van der Waals surface area contributed by atoms with Crippen LogP contribution in [0.1, 0.15) is 10.4 Å². The van der Waals surface area contributed by atoms with Gasteiger partial charge in [0.25, 0.3) is 5.91 Å². The van der Waals surface area contributed by atoms with Crippen molar-refractivity contribution in [1.29, 1.82) is 0 Å². The van der Waals surface area contributed by atoms with E-state index in [0.717, 1.165) is 0 Å². The van der Waals surface area contributed by atoms with E-state index in [-0.39, 0.29) is 12.5 Å². The number of carbonyl (C=O) groups excluding carboxylic acids is 1. The maximum absolute atomic E-state index is 11.9. The molecule has 0 spiro atoms. The number of hydrogen-bond acceptors (Lipinski definition) is 4. The standard InChI is InChI=1S/C11H15BrN2O3/c1-14(4-6-17-7-5-15)11(16)9-2-3-10(12)13-8-9/h2-3,8,15H,4-7H2,1H3. The summed E-state index contributed by atoms with van der Waals surface area (Å²) in [5.41, 5.74) is 0.540. The van der Waals surface area contributed by atoms with Crippen molar-refractivity contribution in [3.05, 3.63) is 28.5 Å². The average Bonchev–Trinajstić information content (AvgIpc) is 2.34. The quantitative estimate of drug-likeness (QED) is 0.627. The van der Waals surface area contributed by atoms with Crippen LogP contribution in [0, 0.1) is 0 Å². The molecule has 0 aliphatic carbocycles. The molecule has 0 bridgehead atoms. The second kappa shape index (κ2) is 7.37. The molecule has 0 atom stereocenters. The molecule has 94 valence electrons. The number of aliphatic hydroxyl groups excluding tert-OH is 1. The Hall–Kier alpha value is -0.980. The molecule has 1 aromatic heterocycles. The maximum atomic E-state index is 11.9. The molecule has 0 aliphatic heterocycles. The van der Waals surface area contributed by atoms with Gasteiger partial charge in [-0.25, -0.2) is 4.98 Å². The van der Waals surface area contributed by atoms with Gasteiger partial charge in [-0.15, -0.1) is 0 Å². The molecular formula is C11H15BrN2O3. The van der Waals surface area contributed by atoms with Crippen molar-refractivity contribution in [2.24, 2.45) is 0 Å². The topological polar surface area (TPSA) is 62.7 Å². The zero-order valence-corrected chi connectivity index (χ0v) is 11.2. The molecule has 17 heavy (non-hydrogen) atoms. The van der Waals surface area contributed by atoms with Crippen LogP contribution in [0.25, 0.3) is 0 Å². The van der Waals surface area contributed by atoms with Crippen LogP contribution in [-0.2, 0) is 4.74 Å². The number of carbonyl (C=O) groups is 1. The van der Waals surface area contributed by atoms with Gasteiger partial charge in [-0.3, -0.25) is 4.79 Å². The first-order valence-electron chi connectivity index (χ1n) is 5.20. The molecule has 1 rings (SSSR count). The molecule has 1 heterocycles. The monoisotopic (exact) mass is 302 g/mol. The molecule has 0 radical (unpaired) electrons. The molecule has 1 amide bonds. The summed E-state index contributed by atoms with van der Waals surface area (Å²) in [5.74, 6) is -0.0994. The van der Waals surface area contributed by atoms with E-state index in [4.69, 9.17) is 9.84 Å². The van der Waals surface area contributed by atoms with Crippen LogP contribution in [0.3, 0.4) is 0 Å². The Balaban J connectivity index is 2.43. The third kappa shape index (κ3) is 4.80. The Bertz CT molecular complexity index is 356. The molecule has 0 saturated carbocycles. The largest absolute Gasteiger partial charge is 0.394 e. The smallest absolute Gasteiger partial charge is 0.255 e. The SMILES string of the molecule is CN(CCOCCO)C(=O)c1ccc(Br)nc1. The number of hydrogen-bond donors (Lipinski definition) is 1. The van der Waals surface area contributed by atoms with Gasteiger partial charge in [-0.05, 0) is 28.1 Å². The summed E-state index contributed by atoms with van der Waals surface area (Å²) in [5, 5.41) is 8.53. The minimum Gasteiger partial charge on any atom is -0.394 e. The summed E-state index contributed by atoms with van der Waals surface area (Å²) in [6, 6.07) is 3.44. The number of ether oxygens (including phenoxy) is 1. The van der Waals surface area contributed by atoms with Crippen LogP contribution in [0.5, 0.6) is 0 Å². The van der Waals surface area contributed by atoms with Crippen molar-refractivity contribution in [1.82, 2.24) is 9.88 Å². The molecule has 0 fully saturated rings. The molecule has 6 heteroatoms. The lowest BCUT2D eigenvalue weighted by Gasteiger charge is -2.16. The van der Waals surface area contributed by atoms with Gasteiger partial charge >= 0.3 is 0 Å². The van der Waals surface area contributed by atoms with E-state index in [1.165, 1.54) is 6.20 Å². The number of amides is 1. The molecular weight excluding hydrogens is 288 g/mol. The fourth-order valence-corrected chi connectivity index (χ4v) is 1.43. The number of rotatable bonds is 6. The molecule has 0 unspecified atom stereocenters. The van der Waals surface area contributed by atoms with Crippen molar-refractivity contribution in [3.63, 3.8) is 0 Å². The molecule has 1 N–H and O–H groups in total. The summed E-state index contributed by atoms with van der Waals surface area (Å²) in [6.45, 7) is 1.18. The number of likely N-dealkylation sites (N-methyl/N-ethyl adjacent to an activating group) is 1. The molecule has 1 aromatic rings. The number of aliphatic hydroxyl groups is 1. The van der Waals surface area contributed by atoms with Crippen molar-refractivity contribution in [3.8, 4) is 0 Å². The summed E-state index contributed by atoms with van der Waals surface area (Å²) in [6.07, 6.45) is 1.53. The van der Waals surface area contributed by atoms with Crippen molar-refractivity contribution in [2.75, 3.05) is 33.4 Å². The zero-order valence-electron chi connectivity index (χ0n) is 9.60. The van der Waals surface area contributed by atoms with Gasteiger partial charge in [0.2, 0.25) is 0 Å². The predicted octanol–water partition coefficient (Wildman–Crippen LogP) is 0.925. The van der Waals surface area contributed by atoms with Gasteiger partial charge in [-0.2, -0.15) is 0 Å².